The van der Waals surface area contributed by atoms with E-state index in [1.807, 2.05) is 31.2 Å². The largest absolute Gasteiger partial charge is 0.460 e. The summed E-state index contributed by atoms with van der Waals surface area (Å²) in [5.41, 5.74) is 1.50. The molecule has 0 amide bonds. The highest BCUT2D eigenvalue weighted by Gasteiger charge is 2.15. The third-order valence-corrected chi connectivity index (χ3v) is 4.71. The molecule has 0 saturated heterocycles. The van der Waals surface area contributed by atoms with Gasteiger partial charge in [-0.05, 0) is 61.9 Å². The van der Waals surface area contributed by atoms with Crippen LogP contribution in [0.5, 0.6) is 28.9 Å². The molecule has 5 nitrogen and oxygen atoms in total. The van der Waals surface area contributed by atoms with Gasteiger partial charge in [-0.1, -0.05) is 36.0 Å². The molecule has 0 spiro atoms. The van der Waals surface area contributed by atoms with Crippen LogP contribution in [0, 0.1) is 12.3 Å². The molecular weight excluding hydrogens is 423 g/mol. The fourth-order valence-electron chi connectivity index (χ4n) is 2.69. The van der Waals surface area contributed by atoms with Crippen molar-refractivity contribution in [2.24, 2.45) is 7.05 Å². The predicted octanol–water partition coefficient (Wildman–Crippen LogP) is 6.59. The summed E-state index contributed by atoms with van der Waals surface area (Å²) >= 11 is 11.4. The summed E-state index contributed by atoms with van der Waals surface area (Å²) in [4.78, 5) is 0. The Hall–Kier alpha value is -3.07. The Bertz CT molecular complexity index is 1090. The van der Waals surface area contributed by atoms with E-state index in [0.29, 0.717) is 40.2 Å². The first-order valence-electron chi connectivity index (χ1n) is 9.19. The van der Waals surface area contributed by atoms with Crippen molar-refractivity contribution in [2.75, 3.05) is 0 Å². The summed E-state index contributed by atoms with van der Waals surface area (Å²) < 4.78 is 19.1. The highest BCUT2D eigenvalue weighted by molar-refractivity contribution is 6.56. The maximum absolute atomic E-state index is 5.95. The summed E-state index contributed by atoms with van der Waals surface area (Å²) in [5, 5.41) is 4.40. The van der Waals surface area contributed by atoms with Gasteiger partial charge in [0.05, 0.1) is 5.69 Å². The van der Waals surface area contributed by atoms with Gasteiger partial charge in [0.1, 0.15) is 38.8 Å². The van der Waals surface area contributed by atoms with Gasteiger partial charge in [0.15, 0.2) is 0 Å². The minimum absolute atomic E-state index is 0.0871. The summed E-state index contributed by atoms with van der Waals surface area (Å²) in [6.07, 6.45) is 6.37. The quantitative estimate of drug-likeness (QED) is 0.305. The first-order chi connectivity index (χ1) is 14.4. The lowest BCUT2D eigenvalue weighted by Gasteiger charge is -2.10. The minimum Gasteiger partial charge on any atom is -0.460 e. The van der Waals surface area contributed by atoms with Gasteiger partial charge in [0.25, 0.3) is 0 Å². The molecule has 0 radical (unpaired) electrons. The first-order valence-corrected chi connectivity index (χ1v) is 9.95. The average molecular weight is 443 g/mol. The SMILES string of the molecule is C#Cc1c(CC)nn(C)c1Oc1ccc(Oc2ccc(OC(C)=C(Cl)Cl)cc2)cc1. The van der Waals surface area contributed by atoms with Crippen LogP contribution in [0.2, 0.25) is 0 Å². The molecule has 0 N–H and O–H groups in total. The number of hydrogen-bond donors (Lipinski definition) is 0. The van der Waals surface area contributed by atoms with E-state index in [9.17, 15) is 0 Å². The van der Waals surface area contributed by atoms with Crippen LogP contribution in [0.1, 0.15) is 25.1 Å². The lowest BCUT2D eigenvalue weighted by atomic mass is 10.2. The Morgan fingerprint density at radius 3 is 1.93 bits per heavy atom. The highest BCUT2D eigenvalue weighted by atomic mass is 35.5. The summed E-state index contributed by atoms with van der Waals surface area (Å²) in [7, 11) is 1.80. The van der Waals surface area contributed by atoms with Crippen molar-refractivity contribution in [1.29, 1.82) is 0 Å². The molecule has 0 unspecified atom stereocenters. The molecule has 1 aromatic heterocycles. The Balaban J connectivity index is 1.68. The zero-order chi connectivity index (χ0) is 21.7. The van der Waals surface area contributed by atoms with E-state index in [2.05, 4.69) is 11.0 Å². The normalized spacial score (nSPS) is 10.3. The molecule has 0 saturated carbocycles. The van der Waals surface area contributed by atoms with Gasteiger partial charge in [0, 0.05) is 7.05 Å². The Morgan fingerprint density at radius 2 is 1.47 bits per heavy atom. The van der Waals surface area contributed by atoms with Crippen LogP contribution in [-0.4, -0.2) is 9.78 Å². The standard InChI is InChI=1S/C23H20Cl2N2O3/c1-5-20-21(6-2)26-27(4)23(20)30-19-13-11-18(12-14-19)29-17-9-7-16(8-10-17)28-15(3)22(24)25/h1,7-14H,6H2,2-4H3. The second-order valence-electron chi connectivity index (χ2n) is 6.31. The molecule has 0 fully saturated rings. The number of rotatable bonds is 7. The molecule has 0 aliphatic carbocycles. The average Bonchev–Trinajstić information content (AvgIpc) is 3.05. The van der Waals surface area contributed by atoms with Crippen molar-refractivity contribution in [3.8, 4) is 41.2 Å². The number of aromatic nitrogens is 2. The fraction of sp³-hybridized carbons (Fsp3) is 0.174. The molecular formula is C23H20Cl2N2O3. The predicted molar refractivity (Wildman–Crippen MR) is 119 cm³/mol. The van der Waals surface area contributed by atoms with E-state index in [0.717, 1.165) is 12.1 Å². The third kappa shape index (κ3) is 5.10. The zero-order valence-corrected chi connectivity index (χ0v) is 18.3. The number of allylic oxidation sites excluding steroid dienone is 1. The van der Waals surface area contributed by atoms with E-state index in [4.69, 9.17) is 43.8 Å². The Morgan fingerprint density at radius 1 is 0.967 bits per heavy atom. The number of aryl methyl sites for hydroxylation is 2. The molecule has 0 aliphatic rings. The monoisotopic (exact) mass is 442 g/mol. The number of benzene rings is 2. The molecule has 1 heterocycles. The van der Waals surface area contributed by atoms with Gasteiger partial charge in [-0.3, -0.25) is 0 Å². The van der Waals surface area contributed by atoms with Crippen molar-refractivity contribution in [3.63, 3.8) is 0 Å². The van der Waals surface area contributed by atoms with E-state index in [-0.39, 0.29) is 4.49 Å². The number of ether oxygens (including phenoxy) is 3. The van der Waals surface area contributed by atoms with Gasteiger partial charge in [-0.15, -0.1) is 6.42 Å². The second-order valence-corrected chi connectivity index (χ2v) is 7.26. The van der Waals surface area contributed by atoms with Crippen LogP contribution in [0.3, 0.4) is 0 Å². The van der Waals surface area contributed by atoms with E-state index in [1.165, 1.54) is 0 Å². The Kier molecular flexibility index (Phi) is 6.94. The van der Waals surface area contributed by atoms with Crippen LogP contribution in [0.25, 0.3) is 0 Å². The van der Waals surface area contributed by atoms with Crippen LogP contribution in [-0.2, 0) is 13.5 Å². The molecule has 7 heteroatoms. The van der Waals surface area contributed by atoms with Crippen LogP contribution in [0.4, 0.5) is 0 Å². The van der Waals surface area contributed by atoms with Gasteiger partial charge in [-0.2, -0.15) is 5.10 Å². The molecule has 3 rings (SSSR count). The number of nitrogens with zero attached hydrogens (tertiary/aromatic N) is 2. The highest BCUT2D eigenvalue weighted by Crippen LogP contribution is 2.30. The van der Waals surface area contributed by atoms with E-state index in [1.54, 1.807) is 42.9 Å². The molecule has 3 aromatic rings. The van der Waals surface area contributed by atoms with Gasteiger partial charge >= 0.3 is 0 Å². The second kappa shape index (κ2) is 9.62. The number of halogens is 2. The van der Waals surface area contributed by atoms with Gasteiger partial charge in [-0.25, -0.2) is 4.68 Å². The van der Waals surface area contributed by atoms with E-state index < -0.39 is 0 Å². The van der Waals surface area contributed by atoms with Crippen molar-refractivity contribution < 1.29 is 14.2 Å². The van der Waals surface area contributed by atoms with Gasteiger partial charge in [0.2, 0.25) is 5.88 Å². The van der Waals surface area contributed by atoms with Gasteiger partial charge < -0.3 is 14.2 Å². The zero-order valence-electron chi connectivity index (χ0n) is 16.8. The number of terminal acetylenes is 1. The summed E-state index contributed by atoms with van der Waals surface area (Å²) in [6.45, 7) is 3.69. The van der Waals surface area contributed by atoms with Crippen LogP contribution in [0.15, 0.2) is 58.8 Å². The van der Waals surface area contributed by atoms with Crippen molar-refractivity contribution in [1.82, 2.24) is 9.78 Å². The smallest absolute Gasteiger partial charge is 0.233 e. The van der Waals surface area contributed by atoms with E-state index >= 15 is 0 Å². The molecule has 2 aromatic carbocycles. The van der Waals surface area contributed by atoms with Crippen molar-refractivity contribution in [2.45, 2.75) is 20.3 Å². The maximum Gasteiger partial charge on any atom is 0.233 e. The summed E-state index contributed by atoms with van der Waals surface area (Å²) in [5.74, 6) is 6.18. The topological polar surface area (TPSA) is 45.5 Å². The fourth-order valence-corrected chi connectivity index (χ4v) is 2.76. The lowest BCUT2D eigenvalue weighted by molar-refractivity contribution is 0.424. The number of hydrogen-bond acceptors (Lipinski definition) is 4. The van der Waals surface area contributed by atoms with Crippen molar-refractivity contribution >= 4 is 23.2 Å². The van der Waals surface area contributed by atoms with Crippen molar-refractivity contribution in [3.05, 3.63) is 70.0 Å². The first kappa shape index (κ1) is 21.6. The molecule has 0 atom stereocenters. The van der Waals surface area contributed by atoms with Crippen LogP contribution < -0.4 is 14.2 Å². The van der Waals surface area contributed by atoms with Crippen LogP contribution >= 0.6 is 23.2 Å². The third-order valence-electron chi connectivity index (χ3n) is 4.18. The lowest BCUT2D eigenvalue weighted by Crippen LogP contribution is -1.96. The molecule has 0 bridgehead atoms. The maximum atomic E-state index is 5.95. The summed E-state index contributed by atoms with van der Waals surface area (Å²) in [6, 6.07) is 14.3. The molecule has 30 heavy (non-hydrogen) atoms. The molecule has 0 aliphatic heterocycles. The molecule has 154 valence electrons. The minimum atomic E-state index is 0.0871. The Labute approximate surface area is 185 Å².